The lowest BCUT2D eigenvalue weighted by Gasteiger charge is -2.23. The van der Waals surface area contributed by atoms with Crippen molar-refractivity contribution in [3.63, 3.8) is 0 Å². The highest BCUT2D eigenvalue weighted by Crippen LogP contribution is 2.34. The van der Waals surface area contributed by atoms with Crippen LogP contribution in [-0.2, 0) is 16.6 Å². The number of benzene rings is 2. The number of ether oxygens (including phenoxy) is 1. The number of imidazole rings is 1. The fraction of sp³-hybridized carbons (Fsp3) is 0.452. The fourth-order valence-electron chi connectivity index (χ4n) is 5.72. The molecule has 5 rings (SSSR count). The summed E-state index contributed by atoms with van der Waals surface area (Å²) in [5.74, 6) is 1.60. The standard InChI is InChI=1S/C31H39N5O5S/c1-3-41-27-17-16-25(42(39,40)35(18-11-19-37)21-23-12-7-6-8-13-23)20-26(27)29-33-31(38)28-22(2)32-30(36(28)34-29)24-14-9-4-5-10-15-24/h6-8,12-13,16-17,20,24,37H,3-5,9-11,14-15,18-19,21H2,1-2H3,(H,33,34,38). The van der Waals surface area contributed by atoms with E-state index in [9.17, 15) is 18.3 Å². The summed E-state index contributed by atoms with van der Waals surface area (Å²) >= 11 is 0. The number of fused-ring (bicyclic) bond motifs is 1. The molecule has 2 heterocycles. The lowest BCUT2D eigenvalue weighted by molar-refractivity contribution is 0.267. The Bertz CT molecular complexity index is 1680. The maximum Gasteiger partial charge on any atom is 0.277 e. The van der Waals surface area contributed by atoms with Crippen LogP contribution < -0.4 is 10.3 Å². The molecule has 0 spiro atoms. The predicted molar refractivity (Wildman–Crippen MR) is 161 cm³/mol. The van der Waals surface area contributed by atoms with Crippen LogP contribution in [0.15, 0.2) is 58.2 Å². The molecule has 2 aromatic heterocycles. The maximum absolute atomic E-state index is 14.0. The van der Waals surface area contributed by atoms with Crippen molar-refractivity contribution < 1.29 is 18.3 Å². The summed E-state index contributed by atoms with van der Waals surface area (Å²) in [7, 11) is -3.98. The van der Waals surface area contributed by atoms with Gasteiger partial charge in [-0.05, 0) is 56.9 Å². The number of aryl methyl sites for hydroxylation is 1. The third-order valence-electron chi connectivity index (χ3n) is 7.83. The quantitative estimate of drug-likeness (QED) is 0.239. The van der Waals surface area contributed by atoms with Crippen LogP contribution in [0.25, 0.3) is 16.9 Å². The number of hydrogen-bond acceptors (Lipinski definition) is 7. The summed E-state index contributed by atoms with van der Waals surface area (Å²) in [4.78, 5) is 21.1. The van der Waals surface area contributed by atoms with Crippen molar-refractivity contribution in [2.45, 2.75) is 76.2 Å². The number of aromatic amines is 1. The largest absolute Gasteiger partial charge is 0.493 e. The summed E-state index contributed by atoms with van der Waals surface area (Å²) in [6.45, 7) is 4.18. The van der Waals surface area contributed by atoms with Gasteiger partial charge in [-0.15, -0.1) is 5.10 Å². The van der Waals surface area contributed by atoms with E-state index >= 15 is 0 Å². The first-order chi connectivity index (χ1) is 20.3. The Kier molecular flexibility index (Phi) is 9.40. The van der Waals surface area contributed by atoms with Crippen LogP contribution in [0.4, 0.5) is 0 Å². The zero-order valence-electron chi connectivity index (χ0n) is 24.3. The molecule has 1 fully saturated rings. The lowest BCUT2D eigenvalue weighted by Crippen LogP contribution is -2.32. The van der Waals surface area contributed by atoms with Crippen molar-refractivity contribution in [3.8, 4) is 17.1 Å². The number of aliphatic hydroxyl groups excluding tert-OH is 1. The van der Waals surface area contributed by atoms with Crippen LogP contribution in [0.2, 0.25) is 0 Å². The van der Waals surface area contributed by atoms with Gasteiger partial charge >= 0.3 is 0 Å². The van der Waals surface area contributed by atoms with Gasteiger partial charge in [-0.2, -0.15) is 4.31 Å². The van der Waals surface area contributed by atoms with Gasteiger partial charge in [0.05, 0.1) is 22.8 Å². The van der Waals surface area contributed by atoms with E-state index in [2.05, 4.69) is 4.98 Å². The number of sulfonamides is 1. The Labute approximate surface area is 246 Å². The third kappa shape index (κ3) is 6.28. The number of H-pyrrole nitrogens is 1. The number of nitrogens with zero attached hydrogens (tertiary/aromatic N) is 4. The average Bonchev–Trinajstić information content (AvgIpc) is 3.13. The van der Waals surface area contributed by atoms with Crippen LogP contribution >= 0.6 is 0 Å². The SMILES string of the molecule is CCOc1ccc(S(=O)(=O)N(CCCO)Cc2ccccc2)cc1-c1nn2c(C3CCCCCC3)nc(C)c2c(=O)[nH]1. The fourth-order valence-corrected chi connectivity index (χ4v) is 7.21. The smallest absolute Gasteiger partial charge is 0.277 e. The summed E-state index contributed by atoms with van der Waals surface area (Å²) in [6.07, 6.45) is 6.88. The van der Waals surface area contributed by atoms with Crippen LogP contribution in [0.1, 0.15) is 74.9 Å². The zero-order valence-corrected chi connectivity index (χ0v) is 25.1. The van der Waals surface area contributed by atoms with E-state index in [0.29, 0.717) is 35.6 Å². The molecule has 42 heavy (non-hydrogen) atoms. The summed E-state index contributed by atoms with van der Waals surface area (Å²) in [5.41, 5.74) is 1.89. The van der Waals surface area contributed by atoms with Crippen LogP contribution in [0.3, 0.4) is 0 Å². The van der Waals surface area contributed by atoms with Crippen LogP contribution in [0.5, 0.6) is 5.75 Å². The Morgan fingerprint density at radius 1 is 1.10 bits per heavy atom. The first-order valence-corrected chi connectivity index (χ1v) is 16.2. The Morgan fingerprint density at radius 2 is 1.83 bits per heavy atom. The zero-order chi connectivity index (χ0) is 29.7. The molecular formula is C31H39N5O5S. The first kappa shape index (κ1) is 29.9. The van der Waals surface area contributed by atoms with E-state index in [1.807, 2.05) is 44.2 Å². The minimum atomic E-state index is -3.98. The Hall–Kier alpha value is -3.54. The van der Waals surface area contributed by atoms with Gasteiger partial charge in [0, 0.05) is 25.6 Å². The van der Waals surface area contributed by atoms with Crippen molar-refractivity contribution in [2.24, 2.45) is 0 Å². The second-order valence-corrected chi connectivity index (χ2v) is 12.7. The Balaban J connectivity index is 1.61. The van der Waals surface area contributed by atoms with Gasteiger partial charge in [0.2, 0.25) is 10.0 Å². The molecule has 1 saturated carbocycles. The Morgan fingerprint density at radius 3 is 2.52 bits per heavy atom. The number of aromatic nitrogens is 4. The molecule has 11 heteroatoms. The second-order valence-electron chi connectivity index (χ2n) is 10.8. The van der Waals surface area contributed by atoms with E-state index in [4.69, 9.17) is 14.8 Å². The van der Waals surface area contributed by atoms with Gasteiger partial charge in [-0.25, -0.2) is 17.9 Å². The van der Waals surface area contributed by atoms with Gasteiger partial charge in [0.25, 0.3) is 5.56 Å². The molecule has 0 atom stereocenters. The predicted octanol–water partition coefficient (Wildman–Crippen LogP) is 4.80. The van der Waals surface area contributed by atoms with E-state index in [1.165, 1.54) is 29.3 Å². The molecule has 0 saturated heterocycles. The minimum Gasteiger partial charge on any atom is -0.493 e. The highest BCUT2D eigenvalue weighted by Gasteiger charge is 2.28. The summed E-state index contributed by atoms with van der Waals surface area (Å²) < 4.78 is 36.8. The normalized spacial score (nSPS) is 14.9. The van der Waals surface area contributed by atoms with Gasteiger partial charge < -0.3 is 14.8 Å². The number of nitrogens with one attached hydrogen (secondary N) is 1. The van der Waals surface area contributed by atoms with Crippen molar-refractivity contribution in [2.75, 3.05) is 19.8 Å². The molecule has 0 bridgehead atoms. The lowest BCUT2D eigenvalue weighted by atomic mass is 10.00. The van der Waals surface area contributed by atoms with Gasteiger partial charge in [0.15, 0.2) is 11.3 Å². The first-order valence-electron chi connectivity index (χ1n) is 14.7. The minimum absolute atomic E-state index is 0.0448. The molecule has 2 N–H and O–H groups in total. The molecule has 0 aliphatic heterocycles. The highest BCUT2D eigenvalue weighted by molar-refractivity contribution is 7.89. The molecule has 1 aliphatic carbocycles. The van der Waals surface area contributed by atoms with Crippen molar-refractivity contribution in [1.29, 1.82) is 0 Å². The van der Waals surface area contributed by atoms with E-state index < -0.39 is 10.0 Å². The van der Waals surface area contributed by atoms with Crippen LogP contribution in [0, 0.1) is 6.92 Å². The number of aliphatic hydroxyl groups is 1. The van der Waals surface area contributed by atoms with Crippen molar-refractivity contribution in [3.05, 3.63) is 76.0 Å². The molecule has 0 unspecified atom stereocenters. The molecular weight excluding hydrogens is 554 g/mol. The van der Waals surface area contributed by atoms with E-state index in [0.717, 1.165) is 37.1 Å². The summed E-state index contributed by atoms with van der Waals surface area (Å²) in [5, 5.41) is 14.3. The van der Waals surface area contributed by atoms with Crippen LogP contribution in [-0.4, -0.2) is 57.2 Å². The van der Waals surface area contributed by atoms with Crippen molar-refractivity contribution in [1.82, 2.24) is 23.9 Å². The number of rotatable bonds is 11. The highest BCUT2D eigenvalue weighted by atomic mass is 32.2. The monoisotopic (exact) mass is 593 g/mol. The third-order valence-corrected chi connectivity index (χ3v) is 9.67. The van der Waals surface area contributed by atoms with Gasteiger partial charge in [-0.3, -0.25) is 4.79 Å². The molecule has 4 aromatic rings. The molecule has 0 amide bonds. The maximum atomic E-state index is 14.0. The molecule has 2 aromatic carbocycles. The van der Waals surface area contributed by atoms with E-state index in [1.54, 1.807) is 10.6 Å². The van der Waals surface area contributed by atoms with Gasteiger partial charge in [0.1, 0.15) is 11.6 Å². The van der Waals surface area contributed by atoms with Gasteiger partial charge in [-0.1, -0.05) is 56.0 Å². The summed E-state index contributed by atoms with van der Waals surface area (Å²) in [6, 6.07) is 14.0. The second kappa shape index (κ2) is 13.2. The van der Waals surface area contributed by atoms with Crippen molar-refractivity contribution >= 4 is 15.5 Å². The average molecular weight is 594 g/mol. The molecule has 224 valence electrons. The molecule has 10 nitrogen and oxygen atoms in total. The van der Waals surface area contributed by atoms with E-state index in [-0.39, 0.29) is 41.9 Å². The molecule has 1 aliphatic rings. The number of hydrogen-bond donors (Lipinski definition) is 2. The molecule has 0 radical (unpaired) electrons. The topological polar surface area (TPSA) is 130 Å².